The number of carbonyl (C=O) groups excluding carboxylic acids is 2. The number of nitrogens with zero attached hydrogens (tertiary/aromatic N) is 1. The summed E-state index contributed by atoms with van der Waals surface area (Å²) in [5, 5.41) is 14.1. The lowest BCUT2D eigenvalue weighted by Crippen LogP contribution is -2.58. The molecule has 2 heterocycles. The third-order valence-electron chi connectivity index (χ3n) is 7.33. The molecular formula is C24H35N5O2. The first kappa shape index (κ1) is 21.8. The molecule has 1 aromatic rings. The normalized spacial score (nSPS) is 28.1. The van der Waals surface area contributed by atoms with Crippen LogP contribution in [0.3, 0.4) is 0 Å². The zero-order chi connectivity index (χ0) is 21.8. The minimum atomic E-state index is -0.359. The largest absolute Gasteiger partial charge is 0.384 e. The Bertz CT molecular complexity index is 824. The van der Waals surface area contributed by atoms with E-state index in [-0.39, 0.29) is 29.7 Å². The summed E-state index contributed by atoms with van der Waals surface area (Å²) in [7, 11) is 0. The van der Waals surface area contributed by atoms with Gasteiger partial charge >= 0.3 is 0 Å². The number of fused-ring (bicyclic) bond motifs is 1. The van der Waals surface area contributed by atoms with Gasteiger partial charge in [0.25, 0.3) is 0 Å². The number of rotatable bonds is 6. The van der Waals surface area contributed by atoms with Gasteiger partial charge in [0.05, 0.1) is 6.04 Å². The highest BCUT2D eigenvalue weighted by Gasteiger charge is 2.43. The van der Waals surface area contributed by atoms with Gasteiger partial charge in [-0.3, -0.25) is 15.0 Å². The van der Waals surface area contributed by atoms with Crippen LogP contribution in [0.5, 0.6) is 0 Å². The number of hydrogen-bond acceptors (Lipinski definition) is 4. The summed E-state index contributed by atoms with van der Waals surface area (Å²) in [6.07, 6.45) is 8.31. The average Bonchev–Trinajstić information content (AvgIpc) is 3.28. The van der Waals surface area contributed by atoms with Crippen LogP contribution in [0, 0.1) is 17.2 Å². The number of carbonyl (C=O) groups is 2. The Labute approximate surface area is 184 Å². The molecule has 0 radical (unpaired) electrons. The number of likely N-dealkylation sites (tertiary alicyclic amines) is 1. The molecule has 3 aliphatic rings. The molecule has 7 nitrogen and oxygen atoms in total. The molecule has 0 spiro atoms. The first-order valence-corrected chi connectivity index (χ1v) is 11.8. The van der Waals surface area contributed by atoms with Crippen LogP contribution in [-0.4, -0.2) is 54.3 Å². The van der Waals surface area contributed by atoms with Gasteiger partial charge in [0.15, 0.2) is 0 Å². The lowest BCUT2D eigenvalue weighted by atomic mass is 9.71. The number of benzene rings is 1. The Hall–Kier alpha value is -2.41. The number of nitrogens with two attached hydrogens (primary N) is 1. The SMILES string of the molecule is N=C(N)c1cccc(CCNC(=O)[C@@H]2CCCN2C(=O)C2NCC[C@@H]3CCCC[C@H]23)c1. The monoisotopic (exact) mass is 425 g/mol. The maximum Gasteiger partial charge on any atom is 0.242 e. The van der Waals surface area contributed by atoms with E-state index in [0.717, 1.165) is 31.4 Å². The van der Waals surface area contributed by atoms with Gasteiger partial charge in [0, 0.05) is 18.7 Å². The van der Waals surface area contributed by atoms with E-state index < -0.39 is 0 Å². The standard InChI is InChI=1S/C24H35N5O2/c25-22(26)18-7-3-5-16(15-18)10-12-28-23(30)20-9-4-14-29(20)24(31)21-19-8-2-1-6-17(19)11-13-27-21/h3,5,7,15,17,19-21,27H,1-2,4,6,8-14H2,(H3,25,26)(H,28,30)/t17-,19-,20-,21?/m0/s1. The van der Waals surface area contributed by atoms with E-state index in [1.807, 2.05) is 29.2 Å². The second-order valence-corrected chi connectivity index (χ2v) is 9.27. The van der Waals surface area contributed by atoms with Crippen molar-refractivity contribution in [3.8, 4) is 0 Å². The molecule has 5 N–H and O–H groups in total. The van der Waals surface area contributed by atoms with Crippen molar-refractivity contribution in [2.75, 3.05) is 19.6 Å². The maximum atomic E-state index is 13.4. The van der Waals surface area contributed by atoms with Crippen molar-refractivity contribution in [1.29, 1.82) is 5.41 Å². The van der Waals surface area contributed by atoms with Gasteiger partial charge in [-0.1, -0.05) is 37.5 Å². The van der Waals surface area contributed by atoms with Crippen LogP contribution in [0.2, 0.25) is 0 Å². The second kappa shape index (κ2) is 9.81. The molecule has 1 unspecified atom stereocenters. The van der Waals surface area contributed by atoms with Gasteiger partial charge in [0.2, 0.25) is 11.8 Å². The van der Waals surface area contributed by atoms with Crippen LogP contribution in [0.25, 0.3) is 0 Å². The van der Waals surface area contributed by atoms with Gasteiger partial charge in [0.1, 0.15) is 11.9 Å². The number of nitrogen functional groups attached to an aromatic ring is 1. The van der Waals surface area contributed by atoms with Crippen molar-refractivity contribution < 1.29 is 9.59 Å². The Morgan fingerprint density at radius 3 is 2.84 bits per heavy atom. The molecule has 1 saturated carbocycles. The van der Waals surface area contributed by atoms with Gasteiger partial charge in [-0.2, -0.15) is 0 Å². The summed E-state index contributed by atoms with van der Waals surface area (Å²) < 4.78 is 0. The number of amides is 2. The van der Waals surface area contributed by atoms with Crippen molar-refractivity contribution in [2.24, 2.45) is 17.6 Å². The molecule has 7 heteroatoms. The molecule has 0 bridgehead atoms. The van der Waals surface area contributed by atoms with Crippen molar-refractivity contribution in [1.82, 2.24) is 15.5 Å². The van der Waals surface area contributed by atoms with Gasteiger partial charge in [-0.15, -0.1) is 0 Å². The van der Waals surface area contributed by atoms with E-state index in [1.54, 1.807) is 0 Å². The Morgan fingerprint density at radius 2 is 2.00 bits per heavy atom. The summed E-state index contributed by atoms with van der Waals surface area (Å²) in [6.45, 7) is 2.08. The highest BCUT2D eigenvalue weighted by molar-refractivity contribution is 5.95. The van der Waals surface area contributed by atoms with Crippen molar-refractivity contribution in [3.05, 3.63) is 35.4 Å². The molecule has 0 aromatic heterocycles. The molecule has 2 aliphatic heterocycles. The van der Waals surface area contributed by atoms with Gasteiger partial charge in [-0.05, 0) is 62.1 Å². The van der Waals surface area contributed by atoms with Crippen LogP contribution >= 0.6 is 0 Å². The summed E-state index contributed by atoms with van der Waals surface area (Å²) in [5.41, 5.74) is 7.28. The lowest BCUT2D eigenvalue weighted by Gasteiger charge is -2.43. The van der Waals surface area contributed by atoms with Crippen molar-refractivity contribution in [2.45, 2.75) is 63.5 Å². The van der Waals surface area contributed by atoms with Crippen molar-refractivity contribution >= 4 is 17.6 Å². The van der Waals surface area contributed by atoms with Crippen LogP contribution in [-0.2, 0) is 16.0 Å². The Morgan fingerprint density at radius 1 is 1.16 bits per heavy atom. The highest BCUT2D eigenvalue weighted by atomic mass is 16.2. The second-order valence-electron chi connectivity index (χ2n) is 9.27. The quantitative estimate of drug-likeness (QED) is 0.411. The smallest absolute Gasteiger partial charge is 0.242 e. The predicted octanol–water partition coefficient (Wildman–Crippen LogP) is 1.79. The van der Waals surface area contributed by atoms with Crippen LogP contribution < -0.4 is 16.4 Å². The Balaban J connectivity index is 1.33. The zero-order valence-corrected chi connectivity index (χ0v) is 18.2. The van der Waals surface area contributed by atoms with Gasteiger partial charge < -0.3 is 21.3 Å². The minimum absolute atomic E-state index is 0.0440. The molecular weight excluding hydrogens is 390 g/mol. The number of hydrogen-bond donors (Lipinski definition) is 4. The van der Waals surface area contributed by atoms with Crippen molar-refractivity contribution in [3.63, 3.8) is 0 Å². The zero-order valence-electron chi connectivity index (χ0n) is 18.2. The molecule has 1 aromatic carbocycles. The topological polar surface area (TPSA) is 111 Å². The number of amidine groups is 1. The molecule has 2 amide bonds. The third-order valence-corrected chi connectivity index (χ3v) is 7.33. The van der Waals surface area contributed by atoms with E-state index in [4.69, 9.17) is 11.1 Å². The predicted molar refractivity (Wildman–Crippen MR) is 121 cm³/mol. The van der Waals surface area contributed by atoms with E-state index in [0.29, 0.717) is 36.9 Å². The van der Waals surface area contributed by atoms with Crippen LogP contribution in [0.4, 0.5) is 0 Å². The van der Waals surface area contributed by atoms with E-state index in [1.165, 1.54) is 25.7 Å². The number of piperidine rings is 1. The van der Waals surface area contributed by atoms with E-state index in [9.17, 15) is 9.59 Å². The summed E-state index contributed by atoms with van der Waals surface area (Å²) in [5.74, 6) is 1.20. The molecule has 2 saturated heterocycles. The fraction of sp³-hybridized carbons (Fsp3) is 0.625. The first-order chi connectivity index (χ1) is 15.0. The summed E-state index contributed by atoms with van der Waals surface area (Å²) >= 11 is 0. The maximum absolute atomic E-state index is 13.4. The van der Waals surface area contributed by atoms with Crippen LogP contribution in [0.15, 0.2) is 24.3 Å². The van der Waals surface area contributed by atoms with Crippen LogP contribution in [0.1, 0.15) is 56.1 Å². The third kappa shape index (κ3) is 4.92. The first-order valence-electron chi connectivity index (χ1n) is 11.8. The van der Waals surface area contributed by atoms with Gasteiger partial charge in [-0.25, -0.2) is 0 Å². The fourth-order valence-electron chi connectivity index (χ4n) is 5.70. The van der Waals surface area contributed by atoms with E-state index >= 15 is 0 Å². The summed E-state index contributed by atoms with van der Waals surface area (Å²) in [4.78, 5) is 28.2. The Kier molecular flexibility index (Phi) is 6.90. The average molecular weight is 426 g/mol. The lowest BCUT2D eigenvalue weighted by molar-refractivity contribution is -0.142. The number of nitrogens with one attached hydrogen (secondary N) is 3. The molecule has 3 fully saturated rings. The summed E-state index contributed by atoms with van der Waals surface area (Å²) in [6, 6.07) is 7.06. The molecule has 4 rings (SSSR count). The molecule has 168 valence electrons. The molecule has 31 heavy (non-hydrogen) atoms. The minimum Gasteiger partial charge on any atom is -0.384 e. The molecule has 4 atom stereocenters. The highest BCUT2D eigenvalue weighted by Crippen LogP contribution is 2.37. The fourth-order valence-corrected chi connectivity index (χ4v) is 5.70. The van der Waals surface area contributed by atoms with E-state index in [2.05, 4.69) is 10.6 Å². The molecule has 1 aliphatic carbocycles.